The van der Waals surface area contributed by atoms with E-state index >= 15 is 0 Å². The molecule has 1 fully saturated rings. The van der Waals surface area contributed by atoms with E-state index in [-0.39, 0.29) is 11.7 Å². The molecule has 2 N–H and O–H groups in total. The van der Waals surface area contributed by atoms with Crippen molar-refractivity contribution in [1.82, 2.24) is 14.4 Å². The fourth-order valence-electron chi connectivity index (χ4n) is 3.61. The maximum atomic E-state index is 13.0. The van der Waals surface area contributed by atoms with Crippen molar-refractivity contribution >= 4 is 29.4 Å². The molecule has 29 heavy (non-hydrogen) atoms. The maximum Gasteiger partial charge on any atom is 0.302 e. The topological polar surface area (TPSA) is 107 Å². The highest BCUT2D eigenvalue weighted by Gasteiger charge is 2.26. The minimum absolute atomic E-state index is 0.194. The zero-order valence-electron chi connectivity index (χ0n) is 16.5. The third kappa shape index (κ3) is 3.69. The monoisotopic (exact) mass is 416 g/mol. The predicted molar refractivity (Wildman–Crippen MR) is 113 cm³/mol. The lowest BCUT2D eigenvalue weighted by molar-refractivity contribution is 0.0676. The van der Waals surface area contributed by atoms with Gasteiger partial charge in [0.15, 0.2) is 5.16 Å². The highest BCUT2D eigenvalue weighted by molar-refractivity contribution is 7.98. The molecule has 10 heteroatoms. The normalized spacial score (nSPS) is 20.1. The fraction of sp³-hybridized carbons (Fsp3) is 0.474. The number of aryl methyl sites for hydroxylation is 1. The summed E-state index contributed by atoms with van der Waals surface area (Å²) in [5, 5.41) is 0.583. The molecule has 0 bridgehead atoms. The lowest BCUT2D eigenvalue weighted by Gasteiger charge is -2.34. The van der Waals surface area contributed by atoms with Gasteiger partial charge in [0.2, 0.25) is 5.75 Å². The molecule has 4 heterocycles. The van der Waals surface area contributed by atoms with E-state index in [0.29, 0.717) is 42.9 Å². The van der Waals surface area contributed by atoms with Crippen LogP contribution in [-0.4, -0.2) is 66.3 Å². The summed E-state index contributed by atoms with van der Waals surface area (Å²) in [6.07, 6.45) is 6.54. The molecule has 2 aromatic heterocycles. The van der Waals surface area contributed by atoms with Crippen molar-refractivity contribution in [3.05, 3.63) is 33.9 Å². The first-order valence-corrected chi connectivity index (χ1v) is 10.7. The summed E-state index contributed by atoms with van der Waals surface area (Å²) < 4.78 is 13.0. The van der Waals surface area contributed by atoms with Gasteiger partial charge in [0.05, 0.1) is 18.9 Å². The Morgan fingerprint density at radius 2 is 2.28 bits per heavy atom. The van der Waals surface area contributed by atoms with Gasteiger partial charge >= 0.3 is 5.56 Å². The minimum Gasteiger partial charge on any atom is -0.486 e. The third-order valence-electron chi connectivity index (χ3n) is 5.02. The first-order valence-electron chi connectivity index (χ1n) is 9.50. The number of nitrogens with two attached hydrogens (primary N) is 1. The van der Waals surface area contributed by atoms with Gasteiger partial charge in [-0.1, -0.05) is 11.8 Å². The second-order valence-electron chi connectivity index (χ2n) is 6.80. The number of aromatic nitrogens is 3. The summed E-state index contributed by atoms with van der Waals surface area (Å²) in [7, 11) is 1.70. The Balaban J connectivity index is 1.75. The molecule has 0 saturated carbocycles. The number of ether oxygens (including phenoxy) is 2. The minimum atomic E-state index is -0.194. The number of morpholine rings is 1. The van der Waals surface area contributed by atoms with Crippen LogP contribution in [0.2, 0.25) is 0 Å². The molecule has 0 amide bonds. The van der Waals surface area contributed by atoms with E-state index in [1.54, 1.807) is 13.3 Å². The van der Waals surface area contributed by atoms with E-state index in [0.717, 1.165) is 29.9 Å². The molecule has 1 atom stereocenters. The van der Waals surface area contributed by atoms with Gasteiger partial charge in [-0.25, -0.2) is 14.4 Å². The van der Waals surface area contributed by atoms with Gasteiger partial charge in [-0.3, -0.25) is 9.79 Å². The molecule has 0 radical (unpaired) electrons. The number of rotatable bonds is 4. The van der Waals surface area contributed by atoms with E-state index in [1.165, 1.54) is 22.4 Å². The number of fused-ring (bicyclic) bond motifs is 2. The number of thioether (sulfide) groups is 1. The highest BCUT2D eigenvalue weighted by Crippen LogP contribution is 2.26. The van der Waals surface area contributed by atoms with Crippen LogP contribution in [0.5, 0.6) is 5.75 Å². The number of aliphatic imine (C=N–C) groups is 1. The van der Waals surface area contributed by atoms with Gasteiger partial charge in [-0.2, -0.15) is 0 Å². The van der Waals surface area contributed by atoms with Gasteiger partial charge in [-0.05, 0) is 19.1 Å². The standard InChI is InChI=1S/C19H24N6O3S/c1-21-10-12(9-20)14-11-24(5-7-27-14)15-8-16-22-13-4-3-6-28-17(13)18(26)25(16)19(23-15)29-2/h8-10,14H,3-7,11,20H2,1-2H3/b12-9+,21-10?. The summed E-state index contributed by atoms with van der Waals surface area (Å²) in [4.78, 5) is 28.6. The van der Waals surface area contributed by atoms with E-state index in [1.807, 2.05) is 12.3 Å². The molecule has 1 saturated heterocycles. The molecule has 0 spiro atoms. The first-order chi connectivity index (χ1) is 14.2. The maximum absolute atomic E-state index is 13.0. The molecule has 0 aromatic carbocycles. The molecule has 1 unspecified atom stereocenters. The molecular formula is C19H24N6O3S. The summed E-state index contributed by atoms with van der Waals surface area (Å²) in [6.45, 7) is 2.36. The van der Waals surface area contributed by atoms with Crippen molar-refractivity contribution < 1.29 is 9.47 Å². The van der Waals surface area contributed by atoms with Crippen LogP contribution in [-0.2, 0) is 11.2 Å². The van der Waals surface area contributed by atoms with Gasteiger partial charge in [-0.15, -0.1) is 0 Å². The summed E-state index contributed by atoms with van der Waals surface area (Å²) >= 11 is 1.41. The third-order valence-corrected chi connectivity index (χ3v) is 5.66. The van der Waals surface area contributed by atoms with E-state index < -0.39 is 0 Å². The largest absolute Gasteiger partial charge is 0.486 e. The molecule has 9 nitrogen and oxygen atoms in total. The second-order valence-corrected chi connectivity index (χ2v) is 7.57. The molecule has 2 aromatic rings. The predicted octanol–water partition coefficient (Wildman–Crippen LogP) is 0.885. The van der Waals surface area contributed by atoms with Crippen molar-refractivity contribution in [2.45, 2.75) is 24.1 Å². The zero-order valence-corrected chi connectivity index (χ0v) is 17.3. The van der Waals surface area contributed by atoms with Crippen molar-refractivity contribution in [2.75, 3.05) is 44.5 Å². The Morgan fingerprint density at radius 1 is 1.41 bits per heavy atom. The quantitative estimate of drug-likeness (QED) is 0.445. The lowest BCUT2D eigenvalue weighted by atomic mass is 10.1. The van der Waals surface area contributed by atoms with E-state index in [2.05, 4.69) is 9.89 Å². The molecule has 2 aliphatic heterocycles. The van der Waals surface area contributed by atoms with Gasteiger partial charge in [0.1, 0.15) is 17.6 Å². The van der Waals surface area contributed by atoms with Crippen LogP contribution in [0.3, 0.4) is 0 Å². The van der Waals surface area contributed by atoms with Crippen LogP contribution in [0.4, 0.5) is 5.82 Å². The van der Waals surface area contributed by atoms with Crippen molar-refractivity contribution in [1.29, 1.82) is 0 Å². The van der Waals surface area contributed by atoms with Crippen LogP contribution in [0.1, 0.15) is 12.1 Å². The molecule has 4 rings (SSSR count). The highest BCUT2D eigenvalue weighted by atomic mass is 32.2. The van der Waals surface area contributed by atoms with E-state index in [9.17, 15) is 4.79 Å². The van der Waals surface area contributed by atoms with Gasteiger partial charge in [0.25, 0.3) is 0 Å². The Labute approximate surface area is 172 Å². The van der Waals surface area contributed by atoms with E-state index in [4.69, 9.17) is 25.2 Å². The molecular weight excluding hydrogens is 392 g/mol. The van der Waals surface area contributed by atoms with Crippen molar-refractivity contribution in [3.63, 3.8) is 0 Å². The van der Waals surface area contributed by atoms with Crippen molar-refractivity contribution in [3.8, 4) is 5.75 Å². The lowest BCUT2D eigenvalue weighted by Crippen LogP contribution is -2.44. The second kappa shape index (κ2) is 8.42. The first kappa shape index (κ1) is 19.7. The Morgan fingerprint density at radius 3 is 3.03 bits per heavy atom. The number of nitrogens with zero attached hydrogens (tertiary/aromatic N) is 5. The fourth-order valence-corrected chi connectivity index (χ4v) is 4.16. The number of hydrogen-bond donors (Lipinski definition) is 1. The Hall–Kier alpha value is -2.59. The average Bonchev–Trinajstić information content (AvgIpc) is 2.76. The molecule has 2 aliphatic rings. The number of hydrogen-bond acceptors (Lipinski definition) is 9. The van der Waals surface area contributed by atoms with Gasteiger partial charge < -0.3 is 20.1 Å². The van der Waals surface area contributed by atoms with Crippen LogP contribution in [0, 0.1) is 0 Å². The summed E-state index contributed by atoms with van der Waals surface area (Å²) in [5.41, 5.74) is 7.68. The Kier molecular flexibility index (Phi) is 5.72. The molecule has 0 aliphatic carbocycles. The summed E-state index contributed by atoms with van der Waals surface area (Å²) in [5.74, 6) is 1.11. The average molecular weight is 417 g/mol. The van der Waals surface area contributed by atoms with Gasteiger partial charge in [0, 0.05) is 44.2 Å². The van der Waals surface area contributed by atoms with Crippen molar-refractivity contribution in [2.24, 2.45) is 10.7 Å². The van der Waals surface area contributed by atoms with Crippen LogP contribution < -0.4 is 20.9 Å². The van der Waals surface area contributed by atoms with Crippen LogP contribution >= 0.6 is 11.8 Å². The SMILES string of the molecule is CN=C/C(=C\N)C1CN(c2cc3nc4c(c(=O)n3c(SC)n2)OCCC4)CCO1. The smallest absolute Gasteiger partial charge is 0.302 e. The molecule has 154 valence electrons. The van der Waals surface area contributed by atoms with Crippen LogP contribution in [0.15, 0.2) is 32.8 Å². The summed E-state index contributed by atoms with van der Waals surface area (Å²) in [6, 6.07) is 1.86. The zero-order chi connectivity index (χ0) is 20.4. The Bertz CT molecular complexity index is 1030. The number of anilines is 1. The van der Waals surface area contributed by atoms with Crippen LogP contribution in [0.25, 0.3) is 5.65 Å².